The molecule has 0 atom stereocenters. The van der Waals surface area contributed by atoms with Crippen molar-refractivity contribution < 1.29 is 18.9 Å². The topological polar surface area (TPSA) is 63.0 Å². The Balaban J connectivity index is 1.88. The van der Waals surface area contributed by atoms with Gasteiger partial charge in [-0.3, -0.25) is 4.79 Å². The maximum absolute atomic E-state index is 11.6. The van der Waals surface area contributed by atoms with Crippen LogP contribution in [-0.2, 0) is 17.7 Å². The first-order chi connectivity index (χ1) is 10.6. The fourth-order valence-electron chi connectivity index (χ4n) is 2.33. The maximum Gasteiger partial charge on any atom is 0.338 e. The van der Waals surface area contributed by atoms with E-state index in [0.717, 1.165) is 24.9 Å². The number of rotatable bonds is 7. The van der Waals surface area contributed by atoms with Crippen LogP contribution in [0.25, 0.3) is 0 Å². The van der Waals surface area contributed by atoms with Gasteiger partial charge in [0.25, 0.3) is 0 Å². The smallest absolute Gasteiger partial charge is 0.338 e. The average Bonchev–Trinajstić information content (AvgIpc) is 2.97. The van der Waals surface area contributed by atoms with Gasteiger partial charge in [0.15, 0.2) is 0 Å². The molecule has 0 saturated carbocycles. The van der Waals surface area contributed by atoms with Gasteiger partial charge >= 0.3 is 11.8 Å². The number of nitrogens with one attached hydrogen (secondary N) is 1. The summed E-state index contributed by atoms with van der Waals surface area (Å²) in [5, 5.41) is 0. The van der Waals surface area contributed by atoms with Gasteiger partial charge in [-0.25, -0.2) is 14.3 Å². The van der Waals surface area contributed by atoms with Crippen molar-refractivity contribution in [3.8, 4) is 0 Å². The van der Waals surface area contributed by atoms with Crippen molar-refractivity contribution in [1.29, 1.82) is 0 Å². The number of hydrogen-bond donors (Lipinski definition) is 1. The number of carbonyl (C=O) groups excluding carboxylic acids is 2. The molecule has 0 aliphatic heterocycles. The lowest BCUT2D eigenvalue weighted by Gasteiger charge is -2.04. The van der Waals surface area contributed by atoms with E-state index in [4.69, 9.17) is 4.74 Å². The number of carbonyl (C=O) groups is 2. The van der Waals surface area contributed by atoms with E-state index in [9.17, 15) is 9.59 Å². The predicted octanol–water partition coefficient (Wildman–Crippen LogP) is 2.31. The van der Waals surface area contributed by atoms with Crippen LogP contribution in [0.4, 0.5) is 0 Å². The molecule has 1 aromatic heterocycles. The SMILES string of the molecule is CCOC(=O)c1ccc(CCC[n+]2cc[nH]c2C(C)=O)cc1. The Kier molecular flexibility index (Phi) is 5.47. The zero-order valence-electron chi connectivity index (χ0n) is 13.0. The number of aromatic amines is 1. The summed E-state index contributed by atoms with van der Waals surface area (Å²) in [5.74, 6) is 0.365. The molecule has 1 heterocycles. The largest absolute Gasteiger partial charge is 0.462 e. The average molecular weight is 301 g/mol. The summed E-state index contributed by atoms with van der Waals surface area (Å²) in [6.07, 6.45) is 5.45. The van der Waals surface area contributed by atoms with Crippen LogP contribution in [0.15, 0.2) is 36.7 Å². The molecule has 2 aromatic rings. The minimum Gasteiger partial charge on any atom is -0.462 e. The Labute approximate surface area is 129 Å². The van der Waals surface area contributed by atoms with Gasteiger partial charge in [-0.2, -0.15) is 0 Å². The lowest BCUT2D eigenvalue weighted by molar-refractivity contribution is -0.697. The van der Waals surface area contributed by atoms with Gasteiger partial charge in [0.1, 0.15) is 12.4 Å². The van der Waals surface area contributed by atoms with Gasteiger partial charge in [0, 0.05) is 6.92 Å². The molecule has 5 heteroatoms. The molecule has 0 fully saturated rings. The van der Waals surface area contributed by atoms with Gasteiger partial charge < -0.3 is 4.74 Å². The number of ketones is 1. The molecule has 1 aromatic carbocycles. The van der Waals surface area contributed by atoms with Gasteiger partial charge in [-0.1, -0.05) is 12.1 Å². The van der Waals surface area contributed by atoms with Crippen molar-refractivity contribution in [2.24, 2.45) is 0 Å². The molecule has 0 unspecified atom stereocenters. The van der Waals surface area contributed by atoms with Crippen molar-refractivity contribution in [1.82, 2.24) is 4.98 Å². The molecule has 5 nitrogen and oxygen atoms in total. The second kappa shape index (κ2) is 7.54. The van der Waals surface area contributed by atoms with Gasteiger partial charge in [-0.15, -0.1) is 0 Å². The number of Topliss-reactive ketones (excluding diaryl/α,β-unsaturated/α-hetero) is 1. The van der Waals surface area contributed by atoms with Gasteiger partial charge in [0.05, 0.1) is 18.7 Å². The van der Waals surface area contributed by atoms with Crippen molar-refractivity contribution in [2.75, 3.05) is 6.61 Å². The minimum atomic E-state index is -0.289. The van der Waals surface area contributed by atoms with Crippen molar-refractivity contribution in [3.63, 3.8) is 0 Å². The van der Waals surface area contributed by atoms with E-state index >= 15 is 0 Å². The maximum atomic E-state index is 11.6. The molecular weight excluding hydrogens is 280 g/mol. The van der Waals surface area contributed by atoms with E-state index in [1.54, 1.807) is 32.2 Å². The molecule has 0 aliphatic carbocycles. The molecule has 0 bridgehead atoms. The van der Waals surface area contributed by atoms with Crippen LogP contribution < -0.4 is 4.57 Å². The predicted molar refractivity (Wildman–Crippen MR) is 81.7 cm³/mol. The van der Waals surface area contributed by atoms with Crippen LogP contribution in [-0.4, -0.2) is 23.3 Å². The van der Waals surface area contributed by atoms with E-state index in [0.29, 0.717) is 18.0 Å². The summed E-state index contributed by atoms with van der Waals surface area (Å²) >= 11 is 0. The Morgan fingerprint density at radius 3 is 2.59 bits per heavy atom. The van der Waals surface area contributed by atoms with Crippen LogP contribution in [0.3, 0.4) is 0 Å². The standard InChI is InChI=1S/C17H20N2O3/c1-3-22-17(21)15-8-6-14(7-9-15)5-4-11-19-12-10-18-16(19)13(2)20/h6-10,12H,3-5,11H2,1-2H3/p+1. The molecule has 0 aliphatic rings. The minimum absolute atomic E-state index is 0.0313. The van der Waals surface area contributed by atoms with Crippen LogP contribution in [0.1, 0.15) is 46.8 Å². The van der Waals surface area contributed by atoms with E-state index in [2.05, 4.69) is 4.98 Å². The first-order valence-electron chi connectivity index (χ1n) is 7.45. The fourth-order valence-corrected chi connectivity index (χ4v) is 2.33. The highest BCUT2D eigenvalue weighted by Crippen LogP contribution is 2.08. The highest BCUT2D eigenvalue weighted by atomic mass is 16.5. The fraction of sp³-hybridized carbons (Fsp3) is 0.353. The number of nitrogens with zero attached hydrogens (tertiary/aromatic N) is 1. The van der Waals surface area contributed by atoms with Crippen molar-refractivity contribution >= 4 is 11.8 Å². The second-order valence-electron chi connectivity index (χ2n) is 5.08. The number of aryl methyl sites for hydroxylation is 2. The molecule has 0 spiro atoms. The lowest BCUT2D eigenvalue weighted by atomic mass is 10.1. The molecular formula is C17H21N2O3+. The van der Waals surface area contributed by atoms with E-state index in [1.165, 1.54) is 0 Å². The third-order valence-electron chi connectivity index (χ3n) is 3.42. The van der Waals surface area contributed by atoms with Crippen molar-refractivity contribution in [3.05, 3.63) is 53.6 Å². The highest BCUT2D eigenvalue weighted by Gasteiger charge is 2.14. The van der Waals surface area contributed by atoms with Gasteiger partial charge in [0.2, 0.25) is 5.78 Å². The number of benzene rings is 1. The second-order valence-corrected chi connectivity index (χ2v) is 5.08. The first kappa shape index (κ1) is 15.9. The van der Waals surface area contributed by atoms with E-state index in [-0.39, 0.29) is 11.8 Å². The Morgan fingerprint density at radius 1 is 1.23 bits per heavy atom. The summed E-state index contributed by atoms with van der Waals surface area (Å²) in [7, 11) is 0. The third-order valence-corrected chi connectivity index (χ3v) is 3.42. The monoisotopic (exact) mass is 301 g/mol. The number of imidazole rings is 1. The van der Waals surface area contributed by atoms with Crippen LogP contribution in [0, 0.1) is 0 Å². The number of H-pyrrole nitrogens is 1. The molecule has 0 radical (unpaired) electrons. The molecule has 1 N–H and O–H groups in total. The van der Waals surface area contributed by atoms with E-state index in [1.807, 2.05) is 22.9 Å². The summed E-state index contributed by atoms with van der Waals surface area (Å²) in [4.78, 5) is 25.9. The van der Waals surface area contributed by atoms with E-state index < -0.39 is 0 Å². The Hall–Kier alpha value is -2.43. The zero-order valence-corrected chi connectivity index (χ0v) is 13.0. The molecule has 116 valence electrons. The molecule has 22 heavy (non-hydrogen) atoms. The molecule has 0 saturated heterocycles. The summed E-state index contributed by atoms with van der Waals surface area (Å²) in [6.45, 7) is 4.50. The quantitative estimate of drug-likeness (QED) is 0.485. The molecule has 0 amide bonds. The first-order valence-corrected chi connectivity index (χ1v) is 7.45. The summed E-state index contributed by atoms with van der Waals surface area (Å²) in [5.41, 5.74) is 1.73. The van der Waals surface area contributed by atoms with Crippen LogP contribution in [0.5, 0.6) is 0 Å². The van der Waals surface area contributed by atoms with Crippen LogP contribution in [0.2, 0.25) is 0 Å². The number of hydrogen-bond acceptors (Lipinski definition) is 3. The normalized spacial score (nSPS) is 10.5. The van der Waals surface area contributed by atoms with Crippen molar-refractivity contribution in [2.45, 2.75) is 33.2 Å². The number of aromatic nitrogens is 2. The zero-order chi connectivity index (χ0) is 15.9. The van der Waals surface area contributed by atoms with Gasteiger partial charge in [-0.05, 0) is 37.5 Å². The number of esters is 1. The lowest BCUT2D eigenvalue weighted by Crippen LogP contribution is -2.37. The van der Waals surface area contributed by atoms with Crippen LogP contribution >= 0.6 is 0 Å². The summed E-state index contributed by atoms with van der Waals surface area (Å²) in [6, 6.07) is 7.47. The Morgan fingerprint density at radius 2 is 1.95 bits per heavy atom. The summed E-state index contributed by atoms with van der Waals surface area (Å²) < 4.78 is 6.88. The Bertz CT molecular complexity index is 644. The highest BCUT2D eigenvalue weighted by molar-refractivity contribution is 5.89. The third kappa shape index (κ3) is 4.04. The number of ether oxygens (including phenoxy) is 1. The molecule has 2 rings (SSSR count).